The van der Waals surface area contributed by atoms with Crippen LogP contribution in [-0.4, -0.2) is 20.3 Å². The van der Waals surface area contributed by atoms with E-state index in [-0.39, 0.29) is 0 Å². The quantitative estimate of drug-likeness (QED) is 0.879. The van der Waals surface area contributed by atoms with Crippen LogP contribution in [0.4, 0.5) is 0 Å². The van der Waals surface area contributed by atoms with Gasteiger partial charge in [0.25, 0.3) is 0 Å². The lowest BCUT2D eigenvalue weighted by Gasteiger charge is -2.28. The van der Waals surface area contributed by atoms with Crippen LogP contribution >= 0.6 is 0 Å². The van der Waals surface area contributed by atoms with E-state index < -0.39 is 0 Å². The van der Waals surface area contributed by atoms with E-state index in [1.54, 1.807) is 0 Å². The van der Waals surface area contributed by atoms with Gasteiger partial charge in [0.1, 0.15) is 0 Å². The Hall–Kier alpha value is -0.860. The molecule has 1 aliphatic carbocycles. The minimum atomic E-state index is 0.324. The van der Waals surface area contributed by atoms with Crippen LogP contribution in [0.3, 0.4) is 0 Å². The average molecular weight is 245 g/mol. The summed E-state index contributed by atoms with van der Waals surface area (Å²) in [5.41, 5.74) is 3.38. The lowest BCUT2D eigenvalue weighted by molar-refractivity contribution is 0.170. The van der Waals surface area contributed by atoms with Gasteiger partial charge < -0.3 is 10.1 Å². The van der Waals surface area contributed by atoms with Gasteiger partial charge in [-0.3, -0.25) is 0 Å². The topological polar surface area (TPSA) is 21.3 Å². The summed E-state index contributed by atoms with van der Waals surface area (Å²) in [4.78, 5) is 0. The van der Waals surface area contributed by atoms with Crippen LogP contribution in [0.5, 0.6) is 0 Å². The van der Waals surface area contributed by atoms with Crippen LogP contribution in [0.25, 0.3) is 0 Å². The van der Waals surface area contributed by atoms with E-state index in [4.69, 9.17) is 4.74 Å². The normalized spacial score (nSPS) is 25.9. The summed E-state index contributed by atoms with van der Waals surface area (Å²) >= 11 is 0. The first-order valence-corrected chi connectivity index (χ1v) is 7.17. The molecule has 98 valence electrons. The van der Waals surface area contributed by atoms with Crippen LogP contribution in [0.15, 0.2) is 24.3 Å². The summed E-state index contributed by atoms with van der Waals surface area (Å²) in [5, 5.41) is 3.68. The molecule has 0 bridgehead atoms. The van der Waals surface area contributed by atoms with Gasteiger partial charge in [0, 0.05) is 18.6 Å². The maximum Gasteiger partial charge on any atom is 0.0559 e. The summed E-state index contributed by atoms with van der Waals surface area (Å²) in [6.07, 6.45) is 6.51. The van der Waals surface area contributed by atoms with Crippen molar-refractivity contribution in [2.45, 2.75) is 43.6 Å². The second kappa shape index (κ2) is 5.02. The van der Waals surface area contributed by atoms with Crippen molar-refractivity contribution in [3.63, 3.8) is 0 Å². The molecule has 1 saturated carbocycles. The van der Waals surface area contributed by atoms with Crippen molar-refractivity contribution in [3.05, 3.63) is 35.4 Å². The number of nitrogens with one attached hydrogen (secondary N) is 1. The molecule has 0 radical (unpaired) electrons. The molecule has 2 aliphatic rings. The van der Waals surface area contributed by atoms with Crippen LogP contribution in [-0.2, 0) is 10.2 Å². The van der Waals surface area contributed by atoms with Gasteiger partial charge >= 0.3 is 0 Å². The second-order valence-corrected chi connectivity index (χ2v) is 5.80. The maximum atomic E-state index is 5.45. The fourth-order valence-corrected chi connectivity index (χ4v) is 3.32. The van der Waals surface area contributed by atoms with Gasteiger partial charge in [-0.25, -0.2) is 0 Å². The maximum absolute atomic E-state index is 5.45. The first-order valence-electron chi connectivity index (χ1n) is 7.17. The van der Waals surface area contributed by atoms with E-state index in [1.807, 2.05) is 7.11 Å². The summed E-state index contributed by atoms with van der Waals surface area (Å²) in [6, 6.07) is 9.55. The molecule has 2 fully saturated rings. The Bertz CT molecular complexity index is 405. The van der Waals surface area contributed by atoms with Gasteiger partial charge in [-0.2, -0.15) is 0 Å². The third-order valence-corrected chi connectivity index (χ3v) is 4.49. The highest BCUT2D eigenvalue weighted by atomic mass is 16.5. The second-order valence-electron chi connectivity index (χ2n) is 5.80. The zero-order chi connectivity index (χ0) is 12.4. The first kappa shape index (κ1) is 12.2. The van der Waals surface area contributed by atoms with E-state index in [0.29, 0.717) is 11.5 Å². The van der Waals surface area contributed by atoms with Crippen LogP contribution < -0.4 is 5.32 Å². The molecule has 0 amide bonds. The number of benzene rings is 1. The molecule has 0 aromatic heterocycles. The van der Waals surface area contributed by atoms with Crippen LogP contribution in [0.1, 0.15) is 49.3 Å². The Kier molecular flexibility index (Phi) is 3.40. The molecule has 1 N–H and O–H groups in total. The molecule has 1 heterocycles. The molecule has 2 nitrogen and oxygen atoms in total. The Labute approximate surface area is 110 Å². The molecule has 2 heteroatoms. The molecule has 0 spiro atoms. The van der Waals surface area contributed by atoms with E-state index in [0.717, 1.165) is 13.2 Å². The molecule has 1 aliphatic heterocycles. The van der Waals surface area contributed by atoms with Crippen molar-refractivity contribution in [1.82, 2.24) is 5.32 Å². The predicted molar refractivity (Wildman–Crippen MR) is 73.8 cm³/mol. The predicted octanol–water partition coefficient (Wildman–Crippen LogP) is 3.18. The standard InChI is InChI=1S/C16H23NO/c1-18-12-16(9-10-16)14-7-3-2-6-13(14)15-8-4-5-11-17-15/h2-3,6-7,15,17H,4-5,8-12H2,1H3. The van der Waals surface area contributed by atoms with E-state index in [9.17, 15) is 0 Å². The van der Waals surface area contributed by atoms with Gasteiger partial charge in [-0.15, -0.1) is 0 Å². The van der Waals surface area contributed by atoms with E-state index >= 15 is 0 Å². The van der Waals surface area contributed by atoms with Gasteiger partial charge in [-0.05, 0) is 43.4 Å². The number of rotatable bonds is 4. The van der Waals surface area contributed by atoms with E-state index in [2.05, 4.69) is 29.6 Å². The summed E-state index contributed by atoms with van der Waals surface area (Å²) in [5.74, 6) is 0. The average Bonchev–Trinajstić information content (AvgIpc) is 3.21. The van der Waals surface area contributed by atoms with Crippen molar-refractivity contribution in [2.24, 2.45) is 0 Å². The third kappa shape index (κ3) is 2.19. The molecule has 1 atom stereocenters. The monoisotopic (exact) mass is 245 g/mol. The molecule has 1 aromatic carbocycles. The summed E-state index contributed by atoms with van der Waals surface area (Å²) < 4.78 is 5.45. The Morgan fingerprint density at radius 3 is 2.78 bits per heavy atom. The zero-order valence-electron chi connectivity index (χ0n) is 11.2. The molecule has 1 aromatic rings. The highest BCUT2D eigenvalue weighted by Crippen LogP contribution is 2.50. The minimum absolute atomic E-state index is 0.324. The zero-order valence-corrected chi connectivity index (χ0v) is 11.2. The minimum Gasteiger partial charge on any atom is -0.384 e. The fraction of sp³-hybridized carbons (Fsp3) is 0.625. The molecule has 1 saturated heterocycles. The van der Waals surface area contributed by atoms with Crippen LogP contribution in [0, 0.1) is 0 Å². The summed E-state index contributed by atoms with van der Waals surface area (Å²) in [6.45, 7) is 2.03. The highest BCUT2D eigenvalue weighted by molar-refractivity contribution is 5.40. The van der Waals surface area contributed by atoms with Crippen molar-refractivity contribution in [1.29, 1.82) is 0 Å². The fourth-order valence-electron chi connectivity index (χ4n) is 3.32. The largest absolute Gasteiger partial charge is 0.384 e. The lowest BCUT2D eigenvalue weighted by Crippen LogP contribution is -2.29. The smallest absolute Gasteiger partial charge is 0.0559 e. The third-order valence-electron chi connectivity index (χ3n) is 4.49. The molecular weight excluding hydrogens is 222 g/mol. The number of ether oxygens (including phenoxy) is 1. The highest BCUT2D eigenvalue weighted by Gasteiger charge is 2.46. The van der Waals surface area contributed by atoms with Crippen molar-refractivity contribution in [2.75, 3.05) is 20.3 Å². The molecular formula is C16H23NO. The first-order chi connectivity index (χ1) is 8.86. The van der Waals surface area contributed by atoms with Crippen LogP contribution in [0.2, 0.25) is 0 Å². The summed E-state index contributed by atoms with van der Waals surface area (Å²) in [7, 11) is 1.82. The number of piperidine rings is 1. The number of methoxy groups -OCH3 is 1. The Balaban J connectivity index is 1.90. The van der Waals surface area contributed by atoms with Gasteiger partial charge in [0.15, 0.2) is 0 Å². The molecule has 1 unspecified atom stereocenters. The molecule has 18 heavy (non-hydrogen) atoms. The van der Waals surface area contributed by atoms with Gasteiger partial charge in [-0.1, -0.05) is 30.7 Å². The van der Waals surface area contributed by atoms with Gasteiger partial charge in [0.2, 0.25) is 0 Å². The van der Waals surface area contributed by atoms with Crippen molar-refractivity contribution < 1.29 is 4.74 Å². The van der Waals surface area contributed by atoms with Gasteiger partial charge in [0.05, 0.1) is 6.61 Å². The number of hydrogen-bond acceptors (Lipinski definition) is 2. The Morgan fingerprint density at radius 1 is 1.28 bits per heavy atom. The Morgan fingerprint density at radius 2 is 2.11 bits per heavy atom. The van der Waals surface area contributed by atoms with Crippen molar-refractivity contribution in [3.8, 4) is 0 Å². The van der Waals surface area contributed by atoms with E-state index in [1.165, 1.54) is 43.2 Å². The van der Waals surface area contributed by atoms with Crippen molar-refractivity contribution >= 4 is 0 Å². The number of hydrogen-bond donors (Lipinski definition) is 1. The molecule has 3 rings (SSSR count). The SMILES string of the molecule is COCC1(c2ccccc2C2CCCCN2)CC1. The lowest BCUT2D eigenvalue weighted by atomic mass is 9.86.